The van der Waals surface area contributed by atoms with Crippen LogP contribution in [-0.2, 0) is 0 Å². The summed E-state index contributed by atoms with van der Waals surface area (Å²) in [5.41, 5.74) is 2.29. The summed E-state index contributed by atoms with van der Waals surface area (Å²) in [7, 11) is 0. The molecular formula is C12H19NO. The Labute approximate surface area is 86.0 Å². The van der Waals surface area contributed by atoms with Gasteiger partial charge in [-0.2, -0.15) is 0 Å². The highest BCUT2D eigenvalue weighted by molar-refractivity contribution is 5.24. The van der Waals surface area contributed by atoms with Gasteiger partial charge in [-0.1, -0.05) is 19.1 Å². The first-order chi connectivity index (χ1) is 6.65. The highest BCUT2D eigenvalue weighted by atomic mass is 16.3. The molecule has 1 rings (SSSR count). The molecule has 0 aliphatic carbocycles. The molecule has 0 aliphatic rings. The van der Waals surface area contributed by atoms with Gasteiger partial charge in [0.1, 0.15) is 5.76 Å². The van der Waals surface area contributed by atoms with Gasteiger partial charge in [-0.3, -0.25) is 0 Å². The Balaban J connectivity index is 2.72. The highest BCUT2D eigenvalue weighted by Crippen LogP contribution is 2.21. The molecule has 0 radical (unpaired) electrons. The van der Waals surface area contributed by atoms with Gasteiger partial charge in [0.2, 0.25) is 0 Å². The summed E-state index contributed by atoms with van der Waals surface area (Å²) in [5, 5.41) is 3.44. The number of hydrogen-bond donors (Lipinski definition) is 1. The first-order valence-electron chi connectivity index (χ1n) is 5.09. The van der Waals surface area contributed by atoms with E-state index in [1.54, 1.807) is 6.26 Å². The van der Waals surface area contributed by atoms with Crippen molar-refractivity contribution in [1.82, 2.24) is 5.32 Å². The minimum atomic E-state index is 0.229. The molecule has 0 saturated carbocycles. The van der Waals surface area contributed by atoms with Gasteiger partial charge < -0.3 is 9.73 Å². The molecule has 0 fully saturated rings. The number of hydrogen-bond acceptors (Lipinski definition) is 2. The molecule has 1 aromatic rings. The summed E-state index contributed by atoms with van der Waals surface area (Å²) in [6.45, 7) is 11.1. The highest BCUT2D eigenvalue weighted by Gasteiger charge is 2.12. The zero-order chi connectivity index (χ0) is 10.6. The summed E-state index contributed by atoms with van der Waals surface area (Å²) >= 11 is 0. The lowest BCUT2D eigenvalue weighted by atomic mass is 10.0. The van der Waals surface area contributed by atoms with E-state index in [0.29, 0.717) is 0 Å². The fraction of sp³-hybridized carbons (Fsp3) is 0.500. The average Bonchev–Trinajstić information content (AvgIpc) is 2.52. The van der Waals surface area contributed by atoms with Crippen LogP contribution in [0.3, 0.4) is 0 Å². The second kappa shape index (κ2) is 5.01. The van der Waals surface area contributed by atoms with E-state index in [1.165, 1.54) is 5.56 Å². The molecule has 1 atom stereocenters. The smallest absolute Gasteiger partial charge is 0.101 e. The van der Waals surface area contributed by atoms with Crippen molar-refractivity contribution in [3.8, 4) is 0 Å². The summed E-state index contributed by atoms with van der Waals surface area (Å²) in [6.07, 6.45) is 2.93. The van der Waals surface area contributed by atoms with E-state index in [2.05, 4.69) is 24.9 Å². The van der Waals surface area contributed by atoms with Crippen LogP contribution in [0.5, 0.6) is 0 Å². The second-order valence-corrected chi connectivity index (χ2v) is 3.72. The van der Waals surface area contributed by atoms with Gasteiger partial charge in [-0.25, -0.2) is 0 Å². The van der Waals surface area contributed by atoms with E-state index in [9.17, 15) is 0 Å². The van der Waals surface area contributed by atoms with Crippen molar-refractivity contribution in [2.45, 2.75) is 33.2 Å². The van der Waals surface area contributed by atoms with E-state index in [4.69, 9.17) is 4.42 Å². The molecule has 78 valence electrons. The van der Waals surface area contributed by atoms with Gasteiger partial charge in [0.05, 0.1) is 12.3 Å². The topological polar surface area (TPSA) is 25.2 Å². The van der Waals surface area contributed by atoms with Crippen LogP contribution in [0, 0.1) is 6.92 Å². The zero-order valence-electron chi connectivity index (χ0n) is 9.26. The number of rotatable bonds is 5. The first-order valence-corrected chi connectivity index (χ1v) is 5.09. The van der Waals surface area contributed by atoms with E-state index < -0.39 is 0 Å². The molecule has 1 aromatic heterocycles. The second-order valence-electron chi connectivity index (χ2n) is 3.72. The van der Waals surface area contributed by atoms with Crippen LogP contribution < -0.4 is 5.32 Å². The Hall–Kier alpha value is -1.02. The molecular weight excluding hydrogens is 174 g/mol. The Morgan fingerprint density at radius 1 is 1.64 bits per heavy atom. The molecule has 0 aliphatic heterocycles. The van der Waals surface area contributed by atoms with Crippen LogP contribution in [-0.4, -0.2) is 6.54 Å². The fourth-order valence-electron chi connectivity index (χ4n) is 1.48. The van der Waals surface area contributed by atoms with Gasteiger partial charge >= 0.3 is 0 Å². The lowest BCUT2D eigenvalue weighted by molar-refractivity contribution is 0.522. The lowest BCUT2D eigenvalue weighted by Gasteiger charge is -2.16. The molecule has 2 heteroatoms. The molecule has 0 amide bonds. The molecule has 0 saturated heterocycles. The summed E-state index contributed by atoms with van der Waals surface area (Å²) in [5.74, 6) is 0.949. The van der Waals surface area contributed by atoms with Crippen LogP contribution >= 0.6 is 0 Å². The Bertz CT molecular complexity index is 301. The third-order valence-corrected chi connectivity index (χ3v) is 2.18. The molecule has 1 heterocycles. The van der Waals surface area contributed by atoms with Gasteiger partial charge in [0, 0.05) is 5.56 Å². The standard InChI is InChI=1S/C12H19NO/c1-5-6-13-12(9(2)3)11-7-10(4)14-8-11/h7-8,12-13H,2,5-6H2,1,3-4H3. The predicted molar refractivity (Wildman–Crippen MR) is 59.3 cm³/mol. The number of nitrogens with one attached hydrogen (secondary N) is 1. The molecule has 1 unspecified atom stereocenters. The van der Waals surface area contributed by atoms with Gasteiger partial charge in [0.25, 0.3) is 0 Å². The minimum absolute atomic E-state index is 0.229. The quantitative estimate of drug-likeness (QED) is 0.726. The first kappa shape index (κ1) is 11.1. The minimum Gasteiger partial charge on any atom is -0.469 e. The van der Waals surface area contributed by atoms with E-state index in [0.717, 1.165) is 24.3 Å². The Morgan fingerprint density at radius 3 is 2.79 bits per heavy atom. The third kappa shape index (κ3) is 2.74. The van der Waals surface area contributed by atoms with Crippen LogP contribution in [0.25, 0.3) is 0 Å². The molecule has 1 N–H and O–H groups in total. The van der Waals surface area contributed by atoms with Crippen LogP contribution in [0.2, 0.25) is 0 Å². The van der Waals surface area contributed by atoms with Crippen molar-refractivity contribution in [1.29, 1.82) is 0 Å². The molecule has 2 nitrogen and oxygen atoms in total. The summed E-state index contributed by atoms with van der Waals surface area (Å²) in [4.78, 5) is 0. The van der Waals surface area contributed by atoms with Gasteiger partial charge in [0.15, 0.2) is 0 Å². The zero-order valence-corrected chi connectivity index (χ0v) is 9.26. The lowest BCUT2D eigenvalue weighted by Crippen LogP contribution is -2.22. The third-order valence-electron chi connectivity index (χ3n) is 2.18. The monoisotopic (exact) mass is 193 g/mol. The summed E-state index contributed by atoms with van der Waals surface area (Å²) < 4.78 is 5.29. The van der Waals surface area contributed by atoms with E-state index in [-0.39, 0.29) is 6.04 Å². The van der Waals surface area contributed by atoms with Crippen LogP contribution in [0.15, 0.2) is 28.9 Å². The molecule has 14 heavy (non-hydrogen) atoms. The largest absolute Gasteiger partial charge is 0.469 e. The maximum absolute atomic E-state index is 5.29. The van der Waals surface area contributed by atoms with Crippen molar-refractivity contribution in [2.75, 3.05) is 6.54 Å². The van der Waals surface area contributed by atoms with Crippen molar-refractivity contribution in [3.63, 3.8) is 0 Å². The SMILES string of the molecule is C=C(C)C(NCCC)c1coc(C)c1. The van der Waals surface area contributed by atoms with Crippen molar-refractivity contribution < 1.29 is 4.42 Å². The van der Waals surface area contributed by atoms with E-state index >= 15 is 0 Å². The van der Waals surface area contributed by atoms with Crippen molar-refractivity contribution in [2.24, 2.45) is 0 Å². The predicted octanol–water partition coefficient (Wildman–Crippen LogP) is 3.20. The maximum Gasteiger partial charge on any atom is 0.101 e. The number of aryl methyl sites for hydroxylation is 1. The maximum atomic E-state index is 5.29. The Morgan fingerprint density at radius 2 is 2.36 bits per heavy atom. The normalized spacial score (nSPS) is 12.8. The van der Waals surface area contributed by atoms with Gasteiger partial charge in [-0.15, -0.1) is 0 Å². The van der Waals surface area contributed by atoms with Crippen molar-refractivity contribution >= 4 is 0 Å². The van der Waals surface area contributed by atoms with Crippen LogP contribution in [0.4, 0.5) is 0 Å². The van der Waals surface area contributed by atoms with E-state index in [1.807, 2.05) is 13.8 Å². The van der Waals surface area contributed by atoms with Crippen LogP contribution in [0.1, 0.15) is 37.6 Å². The molecule has 0 spiro atoms. The number of furan rings is 1. The summed E-state index contributed by atoms with van der Waals surface area (Å²) in [6, 6.07) is 2.29. The Kier molecular flexibility index (Phi) is 3.96. The molecule has 0 aromatic carbocycles. The molecule has 0 bridgehead atoms. The fourth-order valence-corrected chi connectivity index (χ4v) is 1.48. The van der Waals surface area contributed by atoms with Crippen molar-refractivity contribution in [3.05, 3.63) is 35.8 Å². The van der Waals surface area contributed by atoms with Gasteiger partial charge in [-0.05, 0) is 32.9 Å². The average molecular weight is 193 g/mol.